The van der Waals surface area contributed by atoms with Crippen LogP contribution in [-0.2, 0) is 7.05 Å². The molecule has 0 bridgehead atoms. The minimum Gasteiger partial charge on any atom is -0.343 e. The predicted octanol–water partition coefficient (Wildman–Crippen LogP) is 2.75. The zero-order chi connectivity index (χ0) is 7.72. The van der Waals surface area contributed by atoms with Crippen molar-refractivity contribution in [1.29, 1.82) is 0 Å². The zero-order valence-electron chi connectivity index (χ0n) is 6.56. The maximum atomic E-state index is 2.34. The van der Waals surface area contributed by atoms with E-state index in [1.165, 1.54) is 9.39 Å². The van der Waals surface area contributed by atoms with Gasteiger partial charge in [-0.3, -0.25) is 0 Å². The van der Waals surface area contributed by atoms with Crippen LogP contribution in [0.15, 0.2) is 12.1 Å². The summed E-state index contributed by atoms with van der Waals surface area (Å²) in [6.45, 7) is 4.43. The molecule has 1 aromatic heterocycles. The van der Waals surface area contributed by atoms with Gasteiger partial charge in [0.2, 0.25) is 0 Å². The van der Waals surface area contributed by atoms with E-state index < -0.39 is 0 Å². The first-order valence-corrected chi connectivity index (χ1v) is 4.52. The van der Waals surface area contributed by atoms with E-state index in [0.717, 1.165) is 0 Å². The van der Waals surface area contributed by atoms with Crippen molar-refractivity contribution in [1.82, 2.24) is 4.57 Å². The highest BCUT2D eigenvalue weighted by atomic mass is 127. The SMILES string of the molecule is CC(C)c1ccc(I)n1C. The monoisotopic (exact) mass is 249 g/mol. The molecule has 0 aliphatic carbocycles. The quantitative estimate of drug-likeness (QED) is 0.674. The lowest BCUT2D eigenvalue weighted by Gasteiger charge is -2.06. The van der Waals surface area contributed by atoms with Crippen molar-refractivity contribution in [3.63, 3.8) is 0 Å². The molecule has 0 saturated heterocycles. The molecule has 0 radical (unpaired) electrons. The number of aromatic nitrogens is 1. The second-order valence-corrected chi connectivity index (χ2v) is 3.90. The van der Waals surface area contributed by atoms with E-state index in [0.29, 0.717) is 5.92 Å². The van der Waals surface area contributed by atoms with Crippen molar-refractivity contribution in [3.8, 4) is 0 Å². The van der Waals surface area contributed by atoms with Gasteiger partial charge in [-0.05, 0) is 40.6 Å². The lowest BCUT2D eigenvalue weighted by atomic mass is 10.1. The van der Waals surface area contributed by atoms with Gasteiger partial charge in [-0.1, -0.05) is 13.8 Å². The fourth-order valence-electron chi connectivity index (χ4n) is 1.08. The van der Waals surface area contributed by atoms with E-state index in [2.05, 4.69) is 60.2 Å². The standard InChI is InChI=1S/C8H12IN/c1-6(2)7-4-5-8(9)10(7)3/h4-6H,1-3H3. The van der Waals surface area contributed by atoms with E-state index in [4.69, 9.17) is 0 Å². The average molecular weight is 249 g/mol. The van der Waals surface area contributed by atoms with E-state index >= 15 is 0 Å². The maximum Gasteiger partial charge on any atom is 0.0797 e. The molecular formula is C8H12IN. The summed E-state index contributed by atoms with van der Waals surface area (Å²) in [5.41, 5.74) is 1.41. The van der Waals surface area contributed by atoms with Crippen LogP contribution in [0.1, 0.15) is 25.5 Å². The molecule has 0 aliphatic heterocycles. The summed E-state index contributed by atoms with van der Waals surface area (Å²) in [5.74, 6) is 0.633. The number of halogens is 1. The molecule has 1 aromatic rings. The third kappa shape index (κ3) is 1.36. The first kappa shape index (κ1) is 8.11. The molecule has 0 amide bonds. The molecule has 0 spiro atoms. The first-order chi connectivity index (χ1) is 4.63. The summed E-state index contributed by atoms with van der Waals surface area (Å²) in [5, 5.41) is 0. The average Bonchev–Trinajstić information content (AvgIpc) is 2.14. The van der Waals surface area contributed by atoms with E-state index in [1.54, 1.807) is 0 Å². The van der Waals surface area contributed by atoms with Gasteiger partial charge >= 0.3 is 0 Å². The van der Waals surface area contributed by atoms with Gasteiger partial charge in [0.25, 0.3) is 0 Å². The fraction of sp³-hybridized carbons (Fsp3) is 0.500. The van der Waals surface area contributed by atoms with Gasteiger partial charge in [0.15, 0.2) is 0 Å². The first-order valence-electron chi connectivity index (χ1n) is 3.44. The minimum absolute atomic E-state index is 0.633. The molecule has 0 aromatic carbocycles. The van der Waals surface area contributed by atoms with Crippen LogP contribution in [0.3, 0.4) is 0 Å². The smallest absolute Gasteiger partial charge is 0.0797 e. The van der Waals surface area contributed by atoms with Gasteiger partial charge < -0.3 is 4.57 Å². The molecule has 10 heavy (non-hydrogen) atoms. The minimum atomic E-state index is 0.633. The molecule has 0 unspecified atom stereocenters. The van der Waals surface area contributed by atoms with Gasteiger partial charge in [0.1, 0.15) is 0 Å². The van der Waals surface area contributed by atoms with Crippen LogP contribution in [0.4, 0.5) is 0 Å². The van der Waals surface area contributed by atoms with Gasteiger partial charge in [-0.15, -0.1) is 0 Å². The number of hydrogen-bond acceptors (Lipinski definition) is 0. The highest BCUT2D eigenvalue weighted by Gasteiger charge is 2.04. The highest BCUT2D eigenvalue weighted by molar-refractivity contribution is 14.1. The van der Waals surface area contributed by atoms with Gasteiger partial charge in [-0.2, -0.15) is 0 Å². The van der Waals surface area contributed by atoms with Crippen LogP contribution in [0, 0.1) is 3.70 Å². The van der Waals surface area contributed by atoms with E-state index in [9.17, 15) is 0 Å². The Morgan fingerprint density at radius 2 is 2.00 bits per heavy atom. The molecule has 1 heterocycles. The Bertz CT molecular complexity index is 225. The molecule has 1 rings (SSSR count). The summed E-state index contributed by atoms with van der Waals surface area (Å²) in [6.07, 6.45) is 0. The lowest BCUT2D eigenvalue weighted by Crippen LogP contribution is -1.99. The van der Waals surface area contributed by atoms with Crippen LogP contribution in [0.25, 0.3) is 0 Å². The molecule has 0 fully saturated rings. The Morgan fingerprint density at radius 3 is 2.20 bits per heavy atom. The molecule has 0 atom stereocenters. The summed E-state index contributed by atoms with van der Waals surface area (Å²) < 4.78 is 3.53. The third-order valence-corrected chi connectivity index (χ3v) is 2.77. The van der Waals surface area contributed by atoms with Crippen molar-refractivity contribution >= 4 is 22.6 Å². The van der Waals surface area contributed by atoms with E-state index in [-0.39, 0.29) is 0 Å². The molecule has 0 saturated carbocycles. The zero-order valence-corrected chi connectivity index (χ0v) is 8.71. The Balaban J connectivity index is 3.05. The molecule has 2 heteroatoms. The van der Waals surface area contributed by atoms with Gasteiger partial charge in [0, 0.05) is 12.7 Å². The highest BCUT2D eigenvalue weighted by Crippen LogP contribution is 2.17. The molecule has 1 nitrogen and oxygen atoms in total. The third-order valence-electron chi connectivity index (χ3n) is 1.69. The second kappa shape index (κ2) is 2.95. The fourth-order valence-corrected chi connectivity index (χ4v) is 1.54. The number of nitrogens with zero attached hydrogens (tertiary/aromatic N) is 1. The van der Waals surface area contributed by atoms with Crippen molar-refractivity contribution < 1.29 is 0 Å². The normalized spacial score (nSPS) is 10.9. The van der Waals surface area contributed by atoms with Crippen LogP contribution in [0.2, 0.25) is 0 Å². The van der Waals surface area contributed by atoms with Crippen molar-refractivity contribution in [3.05, 3.63) is 21.5 Å². The van der Waals surface area contributed by atoms with E-state index in [1.807, 2.05) is 0 Å². The van der Waals surface area contributed by atoms with Crippen LogP contribution < -0.4 is 0 Å². The van der Waals surface area contributed by atoms with Crippen molar-refractivity contribution in [2.75, 3.05) is 0 Å². The Hall–Kier alpha value is 0.01000. The van der Waals surface area contributed by atoms with Crippen molar-refractivity contribution in [2.24, 2.45) is 7.05 Å². The molecule has 0 N–H and O–H groups in total. The summed E-state index contributed by atoms with van der Waals surface area (Å²) in [7, 11) is 2.11. The second-order valence-electron chi connectivity index (χ2n) is 2.79. The topological polar surface area (TPSA) is 4.93 Å². The Labute approximate surface area is 75.6 Å². The van der Waals surface area contributed by atoms with Crippen LogP contribution in [-0.4, -0.2) is 4.57 Å². The number of rotatable bonds is 1. The summed E-state index contributed by atoms with van der Waals surface area (Å²) in [6, 6.07) is 4.34. The van der Waals surface area contributed by atoms with Gasteiger partial charge in [-0.25, -0.2) is 0 Å². The summed E-state index contributed by atoms with van der Waals surface area (Å²) in [4.78, 5) is 0. The predicted molar refractivity (Wildman–Crippen MR) is 52.2 cm³/mol. The maximum absolute atomic E-state index is 2.34. The Kier molecular flexibility index (Phi) is 2.39. The Morgan fingerprint density at radius 1 is 1.40 bits per heavy atom. The molecule has 56 valence electrons. The number of hydrogen-bond donors (Lipinski definition) is 0. The van der Waals surface area contributed by atoms with Crippen LogP contribution in [0.5, 0.6) is 0 Å². The lowest BCUT2D eigenvalue weighted by molar-refractivity contribution is 0.731. The molecule has 0 aliphatic rings. The summed E-state index contributed by atoms with van der Waals surface area (Å²) >= 11 is 2.34. The largest absolute Gasteiger partial charge is 0.343 e. The van der Waals surface area contributed by atoms with Gasteiger partial charge in [0.05, 0.1) is 3.70 Å². The van der Waals surface area contributed by atoms with Crippen LogP contribution >= 0.6 is 22.6 Å². The van der Waals surface area contributed by atoms with Crippen molar-refractivity contribution in [2.45, 2.75) is 19.8 Å². The molecular weight excluding hydrogens is 237 g/mol.